The van der Waals surface area contributed by atoms with E-state index >= 15 is 0 Å². The molecule has 112 valence electrons. The predicted molar refractivity (Wildman–Crippen MR) is 85.2 cm³/mol. The average Bonchev–Trinajstić information content (AvgIpc) is 2.57. The highest BCUT2D eigenvalue weighted by atomic mass is 16.5. The van der Waals surface area contributed by atoms with Crippen LogP contribution in [0.25, 0.3) is 0 Å². The Hall–Kier alpha value is -2.60. The zero-order valence-corrected chi connectivity index (χ0v) is 12.6. The van der Waals surface area contributed by atoms with Crippen molar-refractivity contribution in [1.29, 1.82) is 5.26 Å². The summed E-state index contributed by atoms with van der Waals surface area (Å²) >= 11 is 0. The van der Waals surface area contributed by atoms with Gasteiger partial charge in [-0.2, -0.15) is 5.26 Å². The van der Waals surface area contributed by atoms with Gasteiger partial charge in [0.15, 0.2) is 0 Å². The summed E-state index contributed by atoms with van der Waals surface area (Å²) in [6.45, 7) is 2.14. The van der Waals surface area contributed by atoms with Crippen molar-refractivity contribution in [2.24, 2.45) is 0 Å². The minimum Gasteiger partial charge on any atom is -0.466 e. The van der Waals surface area contributed by atoms with Crippen molar-refractivity contribution in [2.45, 2.75) is 25.2 Å². The van der Waals surface area contributed by atoms with E-state index in [0.717, 1.165) is 11.1 Å². The summed E-state index contributed by atoms with van der Waals surface area (Å²) in [6.07, 6.45) is 0.199. The van der Waals surface area contributed by atoms with Crippen LogP contribution in [0.4, 0.5) is 0 Å². The third kappa shape index (κ3) is 3.95. The number of rotatable bonds is 6. The van der Waals surface area contributed by atoms with Gasteiger partial charge in [0, 0.05) is 5.92 Å². The van der Waals surface area contributed by atoms with E-state index in [0.29, 0.717) is 6.61 Å². The molecule has 3 nitrogen and oxygen atoms in total. The number of carbonyl (C=O) groups excluding carboxylic acids is 1. The van der Waals surface area contributed by atoms with E-state index in [-0.39, 0.29) is 24.2 Å². The molecule has 0 saturated carbocycles. The highest BCUT2D eigenvalue weighted by Gasteiger charge is 2.27. The van der Waals surface area contributed by atoms with Crippen molar-refractivity contribution in [3.63, 3.8) is 0 Å². The normalized spacial score (nSPS) is 12.9. The van der Waals surface area contributed by atoms with Gasteiger partial charge in [-0.05, 0) is 18.1 Å². The van der Waals surface area contributed by atoms with E-state index < -0.39 is 0 Å². The van der Waals surface area contributed by atoms with E-state index in [4.69, 9.17) is 4.74 Å². The molecule has 2 atom stereocenters. The van der Waals surface area contributed by atoms with Crippen molar-refractivity contribution >= 4 is 5.97 Å². The van der Waals surface area contributed by atoms with E-state index in [1.807, 2.05) is 60.7 Å². The van der Waals surface area contributed by atoms with Crippen molar-refractivity contribution in [1.82, 2.24) is 0 Å². The molecule has 2 aromatic carbocycles. The number of hydrogen-bond acceptors (Lipinski definition) is 3. The first-order valence-electron chi connectivity index (χ1n) is 7.41. The molecule has 2 rings (SSSR count). The van der Waals surface area contributed by atoms with Crippen LogP contribution in [0.2, 0.25) is 0 Å². The van der Waals surface area contributed by atoms with Gasteiger partial charge in [-0.1, -0.05) is 60.7 Å². The standard InChI is InChI=1S/C19H19NO2/c1-2-22-19(21)13-17(15-9-5-3-6-10-15)18(14-20)16-11-7-4-8-12-16/h3-12,17-18H,2,13H2,1H3/t17-,18-/m1/s1. The fraction of sp³-hybridized carbons (Fsp3) is 0.263. The monoisotopic (exact) mass is 293 g/mol. The fourth-order valence-corrected chi connectivity index (χ4v) is 2.59. The predicted octanol–water partition coefficient (Wildman–Crippen LogP) is 4.03. The Bertz CT molecular complexity index is 631. The Morgan fingerprint density at radius 3 is 2.09 bits per heavy atom. The number of hydrogen-bond donors (Lipinski definition) is 0. The van der Waals surface area contributed by atoms with Crippen molar-refractivity contribution in [3.05, 3.63) is 71.8 Å². The molecule has 0 amide bonds. The number of nitriles is 1. The number of nitrogens with zero attached hydrogens (tertiary/aromatic N) is 1. The van der Waals surface area contributed by atoms with Crippen LogP contribution >= 0.6 is 0 Å². The Labute approximate surface area is 131 Å². The molecule has 2 aromatic rings. The van der Waals surface area contributed by atoms with Crippen LogP contribution < -0.4 is 0 Å². The lowest BCUT2D eigenvalue weighted by Gasteiger charge is -2.22. The quantitative estimate of drug-likeness (QED) is 0.755. The second-order valence-electron chi connectivity index (χ2n) is 5.04. The lowest BCUT2D eigenvalue weighted by molar-refractivity contribution is -0.143. The summed E-state index contributed by atoms with van der Waals surface area (Å²) in [5.74, 6) is -0.867. The summed E-state index contributed by atoms with van der Waals surface area (Å²) in [6, 6.07) is 21.6. The Morgan fingerprint density at radius 2 is 1.59 bits per heavy atom. The number of benzene rings is 2. The van der Waals surface area contributed by atoms with Gasteiger partial charge in [-0.25, -0.2) is 0 Å². The van der Waals surface area contributed by atoms with Crippen LogP contribution in [0.1, 0.15) is 36.3 Å². The molecular formula is C19H19NO2. The van der Waals surface area contributed by atoms with E-state index in [9.17, 15) is 10.1 Å². The SMILES string of the molecule is CCOC(=O)C[C@H](c1ccccc1)[C@H](C#N)c1ccccc1. The summed E-state index contributed by atoms with van der Waals surface area (Å²) < 4.78 is 5.08. The molecule has 0 bridgehead atoms. The van der Waals surface area contributed by atoms with Gasteiger partial charge < -0.3 is 4.74 Å². The lowest BCUT2D eigenvalue weighted by atomic mass is 9.80. The number of esters is 1. The van der Waals surface area contributed by atoms with Gasteiger partial charge in [0.05, 0.1) is 25.0 Å². The molecule has 0 unspecified atom stereocenters. The van der Waals surface area contributed by atoms with Crippen molar-refractivity contribution < 1.29 is 9.53 Å². The molecule has 0 heterocycles. The Morgan fingerprint density at radius 1 is 1.05 bits per heavy atom. The molecule has 3 heteroatoms. The fourth-order valence-electron chi connectivity index (χ4n) is 2.59. The Balaban J connectivity index is 2.34. The highest BCUT2D eigenvalue weighted by Crippen LogP contribution is 2.35. The van der Waals surface area contributed by atoms with E-state index in [1.165, 1.54) is 0 Å². The first kappa shape index (κ1) is 15.8. The van der Waals surface area contributed by atoms with Crippen LogP contribution in [-0.2, 0) is 9.53 Å². The van der Waals surface area contributed by atoms with Crippen LogP contribution in [0.5, 0.6) is 0 Å². The topological polar surface area (TPSA) is 50.1 Å². The summed E-state index contributed by atoms with van der Waals surface area (Å²) in [4.78, 5) is 11.9. The first-order chi connectivity index (χ1) is 10.8. The molecule has 0 aliphatic heterocycles. The van der Waals surface area contributed by atoms with Gasteiger partial charge in [0.2, 0.25) is 0 Å². The highest BCUT2D eigenvalue weighted by molar-refractivity contribution is 5.71. The molecule has 0 saturated heterocycles. The third-order valence-corrected chi connectivity index (χ3v) is 3.62. The van der Waals surface area contributed by atoms with E-state index in [1.54, 1.807) is 6.92 Å². The van der Waals surface area contributed by atoms with Gasteiger partial charge in [-0.3, -0.25) is 4.79 Å². The molecule has 0 aliphatic carbocycles. The molecule has 0 fully saturated rings. The number of carbonyl (C=O) groups is 1. The van der Waals surface area contributed by atoms with Crippen LogP contribution in [-0.4, -0.2) is 12.6 Å². The summed E-state index contributed by atoms with van der Waals surface area (Å²) in [5.41, 5.74) is 1.90. The molecule has 0 aromatic heterocycles. The minimum atomic E-state index is -0.381. The number of ether oxygens (including phenoxy) is 1. The molecule has 0 radical (unpaired) electrons. The lowest BCUT2D eigenvalue weighted by Crippen LogP contribution is -2.16. The summed E-state index contributed by atoms with van der Waals surface area (Å²) in [5, 5.41) is 9.65. The maximum Gasteiger partial charge on any atom is 0.306 e. The van der Waals surface area contributed by atoms with Crippen LogP contribution in [0, 0.1) is 11.3 Å². The van der Waals surface area contributed by atoms with Crippen molar-refractivity contribution in [2.75, 3.05) is 6.61 Å². The molecule has 22 heavy (non-hydrogen) atoms. The van der Waals surface area contributed by atoms with E-state index in [2.05, 4.69) is 6.07 Å². The second kappa shape index (κ2) is 7.99. The average molecular weight is 293 g/mol. The zero-order chi connectivity index (χ0) is 15.8. The van der Waals surface area contributed by atoms with Gasteiger partial charge in [0.1, 0.15) is 0 Å². The summed E-state index contributed by atoms with van der Waals surface area (Å²) in [7, 11) is 0. The van der Waals surface area contributed by atoms with Gasteiger partial charge in [-0.15, -0.1) is 0 Å². The van der Waals surface area contributed by atoms with Gasteiger partial charge >= 0.3 is 5.97 Å². The van der Waals surface area contributed by atoms with Crippen LogP contribution in [0.3, 0.4) is 0 Å². The smallest absolute Gasteiger partial charge is 0.306 e. The van der Waals surface area contributed by atoms with Crippen LogP contribution in [0.15, 0.2) is 60.7 Å². The Kier molecular flexibility index (Phi) is 5.73. The first-order valence-corrected chi connectivity index (χ1v) is 7.41. The molecule has 0 N–H and O–H groups in total. The maximum atomic E-state index is 11.9. The van der Waals surface area contributed by atoms with Gasteiger partial charge in [0.25, 0.3) is 0 Å². The molecule has 0 aliphatic rings. The zero-order valence-electron chi connectivity index (χ0n) is 12.6. The molecule has 0 spiro atoms. The maximum absolute atomic E-state index is 11.9. The second-order valence-corrected chi connectivity index (χ2v) is 5.04. The molecular weight excluding hydrogens is 274 g/mol. The van der Waals surface area contributed by atoms with Crippen molar-refractivity contribution in [3.8, 4) is 6.07 Å². The minimum absolute atomic E-state index is 0.199. The largest absolute Gasteiger partial charge is 0.466 e. The third-order valence-electron chi connectivity index (χ3n) is 3.62.